The fourth-order valence-electron chi connectivity index (χ4n) is 0.634. The summed E-state index contributed by atoms with van der Waals surface area (Å²) in [6, 6.07) is 0. The van der Waals surface area contributed by atoms with Crippen LogP contribution in [0.4, 0.5) is 8.78 Å². The molecule has 0 unspecified atom stereocenters. The third kappa shape index (κ3) is 3.26. The summed E-state index contributed by atoms with van der Waals surface area (Å²) in [6.45, 7) is 3.13. The average Bonchev–Trinajstić information content (AvgIpc) is 2.05. The molecule has 5 heteroatoms. The first-order valence-corrected chi connectivity index (χ1v) is 5.41. The number of allylic oxidation sites excluding steroid dienone is 2. The third-order valence-electron chi connectivity index (χ3n) is 1.24. The lowest BCUT2D eigenvalue weighted by molar-refractivity contribution is 0.560. The topological polar surface area (TPSA) is 34.1 Å². The zero-order valence-electron chi connectivity index (χ0n) is 7.55. The molecule has 0 N–H and O–H groups in total. The van der Waals surface area contributed by atoms with E-state index >= 15 is 0 Å². The minimum atomic E-state index is -4.47. The maximum atomic E-state index is 12.7. The van der Waals surface area contributed by atoms with E-state index < -0.39 is 20.2 Å². The molecule has 76 valence electrons. The lowest BCUT2D eigenvalue weighted by Gasteiger charge is -1.96. The highest BCUT2D eigenvalue weighted by molar-refractivity contribution is 7.98. The summed E-state index contributed by atoms with van der Waals surface area (Å²) in [5.74, 6) is 0. The Morgan fingerprint density at radius 1 is 1.08 bits per heavy atom. The van der Waals surface area contributed by atoms with E-state index in [1.54, 1.807) is 13.8 Å². The van der Waals surface area contributed by atoms with Gasteiger partial charge in [0.1, 0.15) is 0 Å². The van der Waals surface area contributed by atoms with Crippen molar-refractivity contribution in [1.29, 1.82) is 0 Å². The Morgan fingerprint density at radius 2 is 1.38 bits per heavy atom. The molecule has 0 aromatic rings. The molecule has 0 fully saturated rings. The minimum absolute atomic E-state index is 0.213. The largest absolute Gasteiger partial charge is 0.259 e. The van der Waals surface area contributed by atoms with Crippen LogP contribution >= 0.6 is 0 Å². The van der Waals surface area contributed by atoms with Crippen LogP contribution in [-0.4, -0.2) is 8.42 Å². The van der Waals surface area contributed by atoms with E-state index in [1.165, 1.54) is 0 Å². The van der Waals surface area contributed by atoms with E-state index in [0.29, 0.717) is 0 Å². The van der Waals surface area contributed by atoms with Crippen LogP contribution in [0, 0.1) is 0 Å². The van der Waals surface area contributed by atoms with Crippen molar-refractivity contribution in [3.8, 4) is 0 Å². The van der Waals surface area contributed by atoms with Crippen molar-refractivity contribution >= 4 is 9.84 Å². The highest BCUT2D eigenvalue weighted by atomic mass is 32.2. The van der Waals surface area contributed by atoms with Gasteiger partial charge in [-0.25, -0.2) is 8.42 Å². The van der Waals surface area contributed by atoms with E-state index in [4.69, 9.17) is 0 Å². The van der Waals surface area contributed by atoms with Crippen LogP contribution < -0.4 is 0 Å². The summed E-state index contributed by atoms with van der Waals surface area (Å²) in [7, 11) is -4.47. The van der Waals surface area contributed by atoms with E-state index in [-0.39, 0.29) is 12.8 Å². The second-order valence-corrected chi connectivity index (χ2v) is 4.12. The zero-order valence-corrected chi connectivity index (χ0v) is 8.37. The Bertz CT molecular complexity index is 289. The molecule has 0 atom stereocenters. The molecule has 0 bridgehead atoms. The number of hydrogen-bond donors (Lipinski definition) is 0. The van der Waals surface area contributed by atoms with Crippen molar-refractivity contribution in [2.75, 3.05) is 0 Å². The molecule has 0 aliphatic rings. The van der Waals surface area contributed by atoms with Gasteiger partial charge in [-0.3, -0.25) is 0 Å². The van der Waals surface area contributed by atoms with Gasteiger partial charge in [-0.2, -0.15) is 8.78 Å². The summed E-state index contributed by atoms with van der Waals surface area (Å²) in [5, 5.41) is -2.84. The van der Waals surface area contributed by atoms with Crippen LogP contribution in [0.25, 0.3) is 0 Å². The first-order chi connectivity index (χ1) is 5.96. The van der Waals surface area contributed by atoms with E-state index in [0.717, 1.165) is 12.2 Å². The van der Waals surface area contributed by atoms with Crippen LogP contribution in [0.15, 0.2) is 22.5 Å². The van der Waals surface area contributed by atoms with Crippen molar-refractivity contribution in [3.63, 3.8) is 0 Å². The van der Waals surface area contributed by atoms with Gasteiger partial charge in [-0.05, 0) is 25.0 Å². The van der Waals surface area contributed by atoms with Gasteiger partial charge in [0.15, 0.2) is 0 Å². The second kappa shape index (κ2) is 5.11. The summed E-state index contributed by atoms with van der Waals surface area (Å²) in [5.41, 5.74) is 0. The van der Waals surface area contributed by atoms with Gasteiger partial charge in [-0.15, -0.1) is 0 Å². The maximum Gasteiger partial charge on any atom is 0.259 e. The Hall–Kier alpha value is -0.710. The molecule has 0 aliphatic carbocycles. The van der Waals surface area contributed by atoms with Crippen molar-refractivity contribution in [2.45, 2.75) is 26.7 Å². The monoisotopic (exact) mass is 210 g/mol. The van der Waals surface area contributed by atoms with Crippen LogP contribution in [0.5, 0.6) is 0 Å². The molecule has 0 spiro atoms. The lowest BCUT2D eigenvalue weighted by atomic mass is 10.5. The van der Waals surface area contributed by atoms with Crippen LogP contribution in [0.3, 0.4) is 0 Å². The Kier molecular flexibility index (Phi) is 4.83. The van der Waals surface area contributed by atoms with Gasteiger partial charge in [0, 0.05) is 0 Å². The molecule has 0 amide bonds. The quantitative estimate of drug-likeness (QED) is 0.715. The summed E-state index contributed by atoms with van der Waals surface area (Å²) in [4.78, 5) is 0. The summed E-state index contributed by atoms with van der Waals surface area (Å²) >= 11 is 0. The highest BCUT2D eigenvalue weighted by Crippen LogP contribution is 2.20. The van der Waals surface area contributed by atoms with E-state index in [1.807, 2.05) is 0 Å². The average molecular weight is 210 g/mol. The molecular formula is C8H12F2O2S. The maximum absolute atomic E-state index is 12.7. The van der Waals surface area contributed by atoms with Crippen LogP contribution in [-0.2, 0) is 9.84 Å². The molecule has 0 radical (unpaired) electrons. The standard InChI is InChI=1S/C8H12F2O2S/c1-3-5-7(9)13(11,12)8(10)6-4-2/h5-6H,3-4H2,1-2H3. The van der Waals surface area contributed by atoms with E-state index in [9.17, 15) is 17.2 Å². The molecule has 13 heavy (non-hydrogen) atoms. The van der Waals surface area contributed by atoms with Crippen LogP contribution in [0.2, 0.25) is 0 Å². The smallest absolute Gasteiger partial charge is 0.214 e. The number of sulfone groups is 1. The van der Waals surface area contributed by atoms with Crippen molar-refractivity contribution in [2.24, 2.45) is 0 Å². The molecule has 2 nitrogen and oxygen atoms in total. The predicted octanol–water partition coefficient (Wildman–Crippen LogP) is 2.84. The van der Waals surface area contributed by atoms with Crippen molar-refractivity contribution < 1.29 is 17.2 Å². The van der Waals surface area contributed by atoms with Gasteiger partial charge >= 0.3 is 0 Å². The van der Waals surface area contributed by atoms with E-state index in [2.05, 4.69) is 0 Å². The Morgan fingerprint density at radius 3 is 1.62 bits per heavy atom. The third-order valence-corrected chi connectivity index (χ3v) is 2.60. The van der Waals surface area contributed by atoms with Crippen LogP contribution in [0.1, 0.15) is 26.7 Å². The number of rotatable bonds is 4. The molecule has 0 saturated carbocycles. The molecular weight excluding hydrogens is 198 g/mol. The number of halogens is 2. The SMILES string of the molecule is CCC=C(F)S(=O)(=O)C(F)=CCC. The van der Waals surface area contributed by atoms with Gasteiger partial charge in [0.2, 0.25) is 10.3 Å². The fraction of sp³-hybridized carbons (Fsp3) is 0.500. The van der Waals surface area contributed by atoms with Crippen molar-refractivity contribution in [1.82, 2.24) is 0 Å². The predicted molar refractivity (Wildman–Crippen MR) is 47.9 cm³/mol. The molecule has 0 aromatic heterocycles. The highest BCUT2D eigenvalue weighted by Gasteiger charge is 2.22. The molecule has 0 aromatic carbocycles. The van der Waals surface area contributed by atoms with Gasteiger partial charge in [-0.1, -0.05) is 13.8 Å². The zero-order chi connectivity index (χ0) is 10.5. The Labute approximate surface area is 76.9 Å². The normalized spacial score (nSPS) is 14.8. The van der Waals surface area contributed by atoms with Gasteiger partial charge in [0.25, 0.3) is 9.84 Å². The first kappa shape index (κ1) is 12.3. The second-order valence-electron chi connectivity index (χ2n) is 2.34. The minimum Gasteiger partial charge on any atom is -0.214 e. The summed E-state index contributed by atoms with van der Waals surface area (Å²) < 4.78 is 47.3. The molecule has 0 aliphatic heterocycles. The van der Waals surface area contributed by atoms with Gasteiger partial charge in [0.05, 0.1) is 0 Å². The fourth-order valence-corrected chi connectivity index (χ4v) is 1.59. The van der Waals surface area contributed by atoms with Crippen molar-refractivity contribution in [3.05, 3.63) is 22.5 Å². The first-order valence-electron chi connectivity index (χ1n) is 3.93. The molecule has 0 saturated heterocycles. The molecule has 0 heterocycles. The summed E-state index contributed by atoms with van der Waals surface area (Å²) in [6.07, 6.45) is 2.09. The lowest BCUT2D eigenvalue weighted by Crippen LogP contribution is -2.00. The van der Waals surface area contributed by atoms with Gasteiger partial charge < -0.3 is 0 Å². The molecule has 0 rings (SSSR count). The Balaban J connectivity index is 5.00. The number of hydrogen-bond acceptors (Lipinski definition) is 2.